The van der Waals surface area contributed by atoms with Crippen LogP contribution in [0.15, 0.2) is 72.9 Å². The number of rotatable bonds is 64. The van der Waals surface area contributed by atoms with Gasteiger partial charge in [-0.05, 0) is 89.9 Å². The summed E-state index contributed by atoms with van der Waals surface area (Å²) in [6.45, 7) is 6.54. The number of carbonyl (C=O) groups is 3. The molecule has 80 heavy (non-hydrogen) atoms. The van der Waals surface area contributed by atoms with Crippen molar-refractivity contribution in [1.29, 1.82) is 0 Å². The van der Waals surface area contributed by atoms with Gasteiger partial charge in [0.05, 0.1) is 0 Å². The van der Waals surface area contributed by atoms with Crippen LogP contribution in [0.4, 0.5) is 0 Å². The number of ether oxygens (including phenoxy) is 3. The Morgan fingerprint density at radius 3 is 0.787 bits per heavy atom. The minimum atomic E-state index is -0.791. The molecule has 1 atom stereocenters. The third kappa shape index (κ3) is 65.7. The summed E-state index contributed by atoms with van der Waals surface area (Å²) in [5, 5.41) is 0. The van der Waals surface area contributed by atoms with Crippen LogP contribution in [0.5, 0.6) is 0 Å². The maximum Gasteiger partial charge on any atom is 0.306 e. The summed E-state index contributed by atoms with van der Waals surface area (Å²) < 4.78 is 16.9. The smallest absolute Gasteiger partial charge is 0.306 e. The summed E-state index contributed by atoms with van der Waals surface area (Å²) in [5.74, 6) is -0.898. The van der Waals surface area contributed by atoms with E-state index in [2.05, 4.69) is 93.7 Å². The molecule has 0 spiro atoms. The maximum absolute atomic E-state index is 12.9. The molecule has 0 radical (unpaired) electrons. The standard InChI is InChI=1S/C74H132O6/c1-4-7-10-13-16-19-22-25-27-29-31-32-33-34-35-36-37-38-39-40-41-42-44-45-47-49-52-55-58-61-64-67-73(76)79-70-71(69-78-72(75)66-63-60-57-54-51-24-21-18-15-12-9-6-3)80-74(77)68-65-62-59-56-53-50-48-46-43-30-28-26-23-20-17-14-11-8-5-2/h8,11,17,20,26,28-29,31,43,46,50,53,71H,4-7,9-10,12-16,18-19,21-25,27,30,32-42,44-45,47-49,51-52,54-70H2,1-3H3/b11-8-,20-17-,28-26-,31-29-,46-43-,53-50-. The first-order valence-electron chi connectivity index (χ1n) is 34.9. The van der Waals surface area contributed by atoms with Crippen LogP contribution in [0.1, 0.15) is 361 Å². The van der Waals surface area contributed by atoms with Gasteiger partial charge in [0.25, 0.3) is 0 Å². The van der Waals surface area contributed by atoms with Gasteiger partial charge in [0.1, 0.15) is 13.2 Å². The minimum Gasteiger partial charge on any atom is -0.462 e. The van der Waals surface area contributed by atoms with E-state index in [-0.39, 0.29) is 31.1 Å². The number of esters is 3. The fraction of sp³-hybridized carbons (Fsp3) is 0.797. The highest BCUT2D eigenvalue weighted by Crippen LogP contribution is 2.18. The van der Waals surface area contributed by atoms with Gasteiger partial charge in [-0.1, -0.05) is 325 Å². The molecule has 0 fully saturated rings. The highest BCUT2D eigenvalue weighted by Gasteiger charge is 2.19. The molecule has 0 aromatic carbocycles. The molecule has 0 rings (SSSR count). The molecule has 0 N–H and O–H groups in total. The average Bonchev–Trinajstić information content (AvgIpc) is 3.46. The topological polar surface area (TPSA) is 78.9 Å². The second-order valence-corrected chi connectivity index (χ2v) is 23.4. The van der Waals surface area contributed by atoms with Gasteiger partial charge in [-0.15, -0.1) is 0 Å². The lowest BCUT2D eigenvalue weighted by Crippen LogP contribution is -2.30. The Morgan fingerprint density at radius 1 is 0.263 bits per heavy atom. The lowest BCUT2D eigenvalue weighted by molar-refractivity contribution is -0.167. The molecule has 6 nitrogen and oxygen atoms in total. The van der Waals surface area contributed by atoms with Crippen LogP contribution in [-0.4, -0.2) is 37.2 Å². The summed E-state index contributed by atoms with van der Waals surface area (Å²) in [6, 6.07) is 0. The van der Waals surface area contributed by atoms with Gasteiger partial charge in [-0.25, -0.2) is 0 Å². The zero-order valence-electron chi connectivity index (χ0n) is 53.3. The molecule has 0 aliphatic heterocycles. The van der Waals surface area contributed by atoms with Crippen molar-refractivity contribution in [3.8, 4) is 0 Å². The SMILES string of the molecule is CC/C=C\C/C=C\C/C=C\C/C=C\C/C=C\CCCCCC(=O)OC(COC(=O)CCCCCCCCCCCCCC)COC(=O)CCCCCCCCCCCCCCCCCCCCC/C=C\CCCCCCCCCC. The number of unbranched alkanes of at least 4 members (excludes halogenated alkanes) is 41. The van der Waals surface area contributed by atoms with Crippen LogP contribution in [-0.2, 0) is 28.6 Å². The molecule has 0 saturated heterocycles. The summed E-state index contributed by atoms with van der Waals surface area (Å²) in [5.41, 5.74) is 0. The van der Waals surface area contributed by atoms with Gasteiger partial charge in [0, 0.05) is 19.3 Å². The van der Waals surface area contributed by atoms with Gasteiger partial charge in [-0.3, -0.25) is 14.4 Å². The van der Waals surface area contributed by atoms with E-state index in [1.807, 2.05) is 0 Å². The normalized spacial score (nSPS) is 12.5. The summed E-state index contributed by atoms with van der Waals surface area (Å²) >= 11 is 0. The van der Waals surface area contributed by atoms with Crippen LogP contribution in [0.3, 0.4) is 0 Å². The first-order valence-corrected chi connectivity index (χ1v) is 34.9. The van der Waals surface area contributed by atoms with E-state index < -0.39 is 6.10 Å². The Labute approximate surface area is 497 Å². The number of carbonyl (C=O) groups excluding carboxylic acids is 3. The highest BCUT2D eigenvalue weighted by molar-refractivity contribution is 5.71. The van der Waals surface area contributed by atoms with Gasteiger partial charge in [0.15, 0.2) is 6.10 Å². The molecule has 0 heterocycles. The van der Waals surface area contributed by atoms with Crippen LogP contribution < -0.4 is 0 Å². The summed E-state index contributed by atoms with van der Waals surface area (Å²) in [4.78, 5) is 38.3. The molecule has 0 aromatic rings. The fourth-order valence-electron chi connectivity index (χ4n) is 10.2. The lowest BCUT2D eigenvalue weighted by atomic mass is 10.0. The summed E-state index contributed by atoms with van der Waals surface area (Å²) in [7, 11) is 0. The first-order chi connectivity index (χ1) is 39.5. The third-order valence-corrected chi connectivity index (χ3v) is 15.4. The van der Waals surface area contributed by atoms with Crippen molar-refractivity contribution < 1.29 is 28.6 Å². The van der Waals surface area contributed by atoms with Crippen LogP contribution in [0, 0.1) is 0 Å². The van der Waals surface area contributed by atoms with Crippen molar-refractivity contribution >= 4 is 17.9 Å². The van der Waals surface area contributed by atoms with Crippen molar-refractivity contribution in [2.75, 3.05) is 13.2 Å². The highest BCUT2D eigenvalue weighted by atomic mass is 16.6. The predicted octanol–water partition coefficient (Wildman–Crippen LogP) is 24.1. The molecular weight excluding hydrogens is 985 g/mol. The lowest BCUT2D eigenvalue weighted by Gasteiger charge is -2.18. The van der Waals surface area contributed by atoms with Crippen molar-refractivity contribution in [3.63, 3.8) is 0 Å². The van der Waals surface area contributed by atoms with Crippen LogP contribution >= 0.6 is 0 Å². The zero-order valence-corrected chi connectivity index (χ0v) is 53.3. The molecule has 0 aliphatic carbocycles. The van der Waals surface area contributed by atoms with Crippen molar-refractivity contribution in [1.82, 2.24) is 0 Å². The number of hydrogen-bond donors (Lipinski definition) is 0. The minimum absolute atomic E-state index is 0.0847. The Bertz CT molecular complexity index is 1470. The van der Waals surface area contributed by atoms with Gasteiger partial charge >= 0.3 is 17.9 Å². The first kappa shape index (κ1) is 76.9. The Kier molecular flexibility index (Phi) is 65.7. The zero-order chi connectivity index (χ0) is 57.8. The van der Waals surface area contributed by atoms with Crippen LogP contribution in [0.2, 0.25) is 0 Å². The number of allylic oxidation sites excluding steroid dienone is 12. The molecule has 0 saturated carbocycles. The van der Waals surface area contributed by atoms with E-state index in [0.29, 0.717) is 19.3 Å². The Morgan fingerprint density at radius 2 is 0.487 bits per heavy atom. The molecule has 0 amide bonds. The van der Waals surface area contributed by atoms with Crippen LogP contribution in [0.25, 0.3) is 0 Å². The molecule has 1 unspecified atom stereocenters. The predicted molar refractivity (Wildman–Crippen MR) is 348 cm³/mol. The van der Waals surface area contributed by atoms with E-state index in [1.54, 1.807) is 0 Å². The molecule has 0 aliphatic rings. The second kappa shape index (κ2) is 68.3. The number of hydrogen-bond acceptors (Lipinski definition) is 6. The summed E-state index contributed by atoms with van der Waals surface area (Å²) in [6.07, 6.45) is 89.4. The largest absolute Gasteiger partial charge is 0.462 e. The van der Waals surface area contributed by atoms with E-state index >= 15 is 0 Å². The van der Waals surface area contributed by atoms with Crippen molar-refractivity contribution in [3.05, 3.63) is 72.9 Å². The molecule has 0 aromatic heterocycles. The van der Waals surface area contributed by atoms with E-state index in [1.165, 1.54) is 225 Å². The van der Waals surface area contributed by atoms with Gasteiger partial charge < -0.3 is 14.2 Å². The molecule has 6 heteroatoms. The molecule has 0 bridgehead atoms. The molecular formula is C74H132O6. The Hall–Kier alpha value is -3.15. The Balaban J connectivity index is 4.19. The second-order valence-electron chi connectivity index (χ2n) is 23.4. The maximum atomic E-state index is 12.9. The van der Waals surface area contributed by atoms with E-state index in [0.717, 1.165) is 96.3 Å². The quantitative estimate of drug-likeness (QED) is 0.0261. The molecule has 464 valence electrons. The average molecular weight is 1120 g/mol. The van der Waals surface area contributed by atoms with Gasteiger partial charge in [0.2, 0.25) is 0 Å². The van der Waals surface area contributed by atoms with E-state index in [9.17, 15) is 14.4 Å². The van der Waals surface area contributed by atoms with E-state index in [4.69, 9.17) is 14.2 Å². The van der Waals surface area contributed by atoms with Crippen molar-refractivity contribution in [2.24, 2.45) is 0 Å². The fourth-order valence-corrected chi connectivity index (χ4v) is 10.2. The van der Waals surface area contributed by atoms with Crippen molar-refractivity contribution in [2.45, 2.75) is 367 Å². The monoisotopic (exact) mass is 1120 g/mol. The van der Waals surface area contributed by atoms with Gasteiger partial charge in [-0.2, -0.15) is 0 Å². The third-order valence-electron chi connectivity index (χ3n) is 15.4.